The zero-order valence-electron chi connectivity index (χ0n) is 12.9. The van der Waals surface area contributed by atoms with E-state index in [2.05, 4.69) is 18.7 Å². The number of piperidine rings is 1. The van der Waals surface area contributed by atoms with E-state index in [0.29, 0.717) is 25.2 Å². The van der Waals surface area contributed by atoms with Crippen LogP contribution in [0.3, 0.4) is 0 Å². The molecule has 20 heavy (non-hydrogen) atoms. The predicted molar refractivity (Wildman–Crippen MR) is 82.2 cm³/mol. The molecule has 0 saturated carbocycles. The van der Waals surface area contributed by atoms with Crippen LogP contribution < -0.4 is 4.74 Å². The third-order valence-electron chi connectivity index (χ3n) is 4.23. The fourth-order valence-corrected chi connectivity index (χ4v) is 3.03. The monoisotopic (exact) mass is 277 g/mol. The Balaban J connectivity index is 1.81. The molecule has 3 nitrogen and oxygen atoms in total. The minimum atomic E-state index is -0.432. The second kappa shape index (κ2) is 7.09. The largest absolute Gasteiger partial charge is 0.491 e. The van der Waals surface area contributed by atoms with Crippen LogP contribution in [0.4, 0.5) is 0 Å². The lowest BCUT2D eigenvalue weighted by Crippen LogP contribution is -2.48. The number of hydrogen-bond acceptors (Lipinski definition) is 3. The molecule has 0 bridgehead atoms. The lowest BCUT2D eigenvalue weighted by Gasteiger charge is -2.40. The number of aliphatic hydroxyl groups excluding tert-OH is 1. The van der Waals surface area contributed by atoms with E-state index in [1.165, 1.54) is 24.8 Å². The molecule has 3 atom stereocenters. The lowest BCUT2D eigenvalue weighted by molar-refractivity contribution is 0.0209. The summed E-state index contributed by atoms with van der Waals surface area (Å²) in [5, 5.41) is 10.2. The molecule has 0 unspecified atom stereocenters. The Hall–Kier alpha value is -1.06. The normalized spacial score (nSPS) is 25.4. The van der Waals surface area contributed by atoms with Crippen molar-refractivity contribution in [2.75, 3.05) is 13.2 Å². The van der Waals surface area contributed by atoms with E-state index in [9.17, 15) is 5.11 Å². The minimum absolute atomic E-state index is 0.361. The van der Waals surface area contributed by atoms with Crippen LogP contribution in [0, 0.1) is 6.92 Å². The van der Waals surface area contributed by atoms with Crippen molar-refractivity contribution < 1.29 is 9.84 Å². The summed E-state index contributed by atoms with van der Waals surface area (Å²) < 4.78 is 5.68. The maximum atomic E-state index is 10.2. The molecule has 1 fully saturated rings. The van der Waals surface area contributed by atoms with E-state index in [1.54, 1.807) is 0 Å². The third kappa shape index (κ3) is 4.22. The van der Waals surface area contributed by atoms with Crippen molar-refractivity contribution in [3.05, 3.63) is 29.8 Å². The summed E-state index contributed by atoms with van der Waals surface area (Å²) in [7, 11) is 0. The maximum Gasteiger partial charge on any atom is 0.119 e. The SMILES string of the molecule is Cc1cccc(OC[C@H](O)CN2[C@@H](C)CCC[C@@H]2C)c1. The van der Waals surface area contributed by atoms with Crippen molar-refractivity contribution in [1.82, 2.24) is 4.90 Å². The van der Waals surface area contributed by atoms with E-state index in [1.807, 2.05) is 31.2 Å². The molecule has 0 radical (unpaired) electrons. The second-order valence-electron chi connectivity index (χ2n) is 6.11. The highest BCUT2D eigenvalue weighted by molar-refractivity contribution is 5.27. The Bertz CT molecular complexity index is 411. The molecule has 1 aliphatic rings. The number of β-amino-alcohol motifs (C(OH)–C–C–N with tert-alkyl or cyclic N) is 1. The van der Waals surface area contributed by atoms with Crippen molar-refractivity contribution in [3.8, 4) is 5.75 Å². The van der Waals surface area contributed by atoms with Gasteiger partial charge in [0.15, 0.2) is 0 Å². The third-order valence-corrected chi connectivity index (χ3v) is 4.23. The highest BCUT2D eigenvalue weighted by Crippen LogP contribution is 2.22. The van der Waals surface area contributed by atoms with Gasteiger partial charge in [0.1, 0.15) is 18.5 Å². The molecule has 1 saturated heterocycles. The Morgan fingerprint density at radius 1 is 1.30 bits per heavy atom. The van der Waals surface area contributed by atoms with E-state index in [4.69, 9.17) is 4.74 Å². The summed E-state index contributed by atoms with van der Waals surface area (Å²) in [5.41, 5.74) is 1.18. The van der Waals surface area contributed by atoms with Gasteiger partial charge in [-0.1, -0.05) is 18.6 Å². The van der Waals surface area contributed by atoms with Gasteiger partial charge in [0.05, 0.1) is 0 Å². The molecule has 0 aliphatic carbocycles. The summed E-state index contributed by atoms with van der Waals surface area (Å²) in [6.07, 6.45) is 3.33. The van der Waals surface area contributed by atoms with Crippen molar-refractivity contribution >= 4 is 0 Å². The summed E-state index contributed by atoms with van der Waals surface area (Å²) in [6, 6.07) is 9.08. The van der Waals surface area contributed by atoms with Crippen LogP contribution in [0.15, 0.2) is 24.3 Å². The second-order valence-corrected chi connectivity index (χ2v) is 6.11. The van der Waals surface area contributed by atoms with Gasteiger partial charge in [-0.15, -0.1) is 0 Å². The van der Waals surface area contributed by atoms with Gasteiger partial charge in [-0.2, -0.15) is 0 Å². The first kappa shape index (κ1) is 15.3. The highest BCUT2D eigenvalue weighted by Gasteiger charge is 2.26. The van der Waals surface area contributed by atoms with Gasteiger partial charge in [-0.3, -0.25) is 4.90 Å². The van der Waals surface area contributed by atoms with Gasteiger partial charge >= 0.3 is 0 Å². The van der Waals surface area contributed by atoms with Crippen LogP contribution in [0.25, 0.3) is 0 Å². The first-order valence-corrected chi connectivity index (χ1v) is 7.69. The summed E-state index contributed by atoms with van der Waals surface area (Å²) in [5.74, 6) is 0.837. The van der Waals surface area contributed by atoms with E-state index < -0.39 is 6.10 Å². The number of nitrogens with zero attached hydrogens (tertiary/aromatic N) is 1. The van der Waals surface area contributed by atoms with E-state index >= 15 is 0 Å². The van der Waals surface area contributed by atoms with Crippen LogP contribution in [0.2, 0.25) is 0 Å². The molecule has 1 N–H and O–H groups in total. The topological polar surface area (TPSA) is 32.7 Å². The molecule has 1 aromatic carbocycles. The van der Waals surface area contributed by atoms with Crippen molar-refractivity contribution in [2.24, 2.45) is 0 Å². The molecule has 1 aromatic rings. The standard InChI is InChI=1S/C17H27NO2/c1-13-6-4-9-17(10-13)20-12-16(19)11-18-14(2)7-5-8-15(18)3/h4,6,9-10,14-16,19H,5,7-8,11-12H2,1-3H3/t14-,15-,16+/m0/s1. The van der Waals surface area contributed by atoms with Crippen LogP contribution in [0.1, 0.15) is 38.7 Å². The summed E-state index contributed by atoms with van der Waals surface area (Å²) in [4.78, 5) is 2.41. The number of aliphatic hydroxyl groups is 1. The number of rotatable bonds is 5. The quantitative estimate of drug-likeness (QED) is 0.898. The molecular weight excluding hydrogens is 250 g/mol. The fraction of sp³-hybridized carbons (Fsp3) is 0.647. The van der Waals surface area contributed by atoms with Gasteiger partial charge in [0.25, 0.3) is 0 Å². The number of hydrogen-bond donors (Lipinski definition) is 1. The van der Waals surface area contributed by atoms with Gasteiger partial charge in [-0.25, -0.2) is 0 Å². The van der Waals surface area contributed by atoms with Crippen molar-refractivity contribution in [3.63, 3.8) is 0 Å². The fourth-order valence-electron chi connectivity index (χ4n) is 3.03. The molecule has 112 valence electrons. The van der Waals surface area contributed by atoms with Gasteiger partial charge in [0.2, 0.25) is 0 Å². The highest BCUT2D eigenvalue weighted by atomic mass is 16.5. The Morgan fingerprint density at radius 2 is 2.00 bits per heavy atom. The smallest absolute Gasteiger partial charge is 0.119 e. The van der Waals surface area contributed by atoms with Gasteiger partial charge in [0, 0.05) is 18.6 Å². The average Bonchev–Trinajstić information content (AvgIpc) is 2.41. The van der Waals surface area contributed by atoms with Crippen LogP contribution in [-0.2, 0) is 0 Å². The predicted octanol–water partition coefficient (Wildman–Crippen LogP) is 3.00. The van der Waals surface area contributed by atoms with Crippen molar-refractivity contribution in [1.29, 1.82) is 0 Å². The number of aryl methyl sites for hydroxylation is 1. The molecule has 1 heterocycles. The molecular formula is C17H27NO2. The Morgan fingerprint density at radius 3 is 2.65 bits per heavy atom. The molecule has 2 rings (SSSR count). The van der Waals surface area contributed by atoms with Gasteiger partial charge in [-0.05, 0) is 51.3 Å². The first-order chi connectivity index (χ1) is 9.56. The van der Waals surface area contributed by atoms with Crippen LogP contribution in [-0.4, -0.2) is 41.3 Å². The molecule has 0 spiro atoms. The Labute approximate surface area is 122 Å². The molecule has 1 aliphatic heterocycles. The minimum Gasteiger partial charge on any atom is -0.491 e. The maximum absolute atomic E-state index is 10.2. The molecule has 3 heteroatoms. The lowest BCUT2D eigenvalue weighted by atomic mass is 9.97. The summed E-state index contributed by atoms with van der Waals surface area (Å²) >= 11 is 0. The number of likely N-dealkylation sites (tertiary alicyclic amines) is 1. The zero-order chi connectivity index (χ0) is 14.5. The van der Waals surface area contributed by atoms with Gasteiger partial charge < -0.3 is 9.84 Å². The Kier molecular flexibility index (Phi) is 5.44. The number of benzene rings is 1. The van der Waals surface area contributed by atoms with Crippen LogP contribution in [0.5, 0.6) is 5.75 Å². The van der Waals surface area contributed by atoms with Crippen molar-refractivity contribution in [2.45, 2.75) is 58.2 Å². The van der Waals surface area contributed by atoms with Crippen LogP contribution >= 0.6 is 0 Å². The zero-order valence-corrected chi connectivity index (χ0v) is 12.9. The first-order valence-electron chi connectivity index (χ1n) is 7.69. The van der Waals surface area contributed by atoms with E-state index in [0.717, 1.165) is 5.75 Å². The summed E-state index contributed by atoms with van der Waals surface area (Å²) in [6.45, 7) is 7.61. The molecule has 0 amide bonds. The van der Waals surface area contributed by atoms with E-state index in [-0.39, 0.29) is 0 Å². The number of ether oxygens (including phenoxy) is 1. The average molecular weight is 277 g/mol. The molecule has 0 aromatic heterocycles.